The summed E-state index contributed by atoms with van der Waals surface area (Å²) < 4.78 is 0. The molecule has 0 amide bonds. The second kappa shape index (κ2) is 9.04. The van der Waals surface area contributed by atoms with E-state index in [0.717, 1.165) is 18.4 Å². The van der Waals surface area contributed by atoms with Crippen LogP contribution in [0.2, 0.25) is 0 Å². The topological polar surface area (TPSA) is 39.7 Å². The summed E-state index contributed by atoms with van der Waals surface area (Å²) in [6, 6.07) is 5.59. The van der Waals surface area contributed by atoms with Crippen LogP contribution in [-0.2, 0) is 0 Å². The van der Waals surface area contributed by atoms with Gasteiger partial charge in [-0.3, -0.25) is 9.89 Å². The van der Waals surface area contributed by atoms with E-state index in [4.69, 9.17) is 0 Å². The van der Waals surface area contributed by atoms with Crippen LogP contribution in [0, 0.1) is 11.8 Å². The van der Waals surface area contributed by atoms with Crippen LogP contribution in [0.15, 0.2) is 22.5 Å². The van der Waals surface area contributed by atoms with Crippen LogP contribution in [0.4, 0.5) is 0 Å². The van der Waals surface area contributed by atoms with Crippen molar-refractivity contribution in [3.8, 4) is 0 Å². The number of rotatable bonds is 4. The number of aliphatic imine (C=N–C) groups is 1. The summed E-state index contributed by atoms with van der Waals surface area (Å²) in [6.45, 7) is 4.56. The zero-order valence-corrected chi connectivity index (χ0v) is 16.8. The first-order valence-electron chi connectivity index (χ1n) is 9.88. The fourth-order valence-electron chi connectivity index (χ4n) is 4.56. The molecule has 1 saturated carbocycles. The van der Waals surface area contributed by atoms with Gasteiger partial charge in [0.2, 0.25) is 0 Å². The molecule has 0 aromatic carbocycles. The van der Waals surface area contributed by atoms with Gasteiger partial charge in [-0.15, -0.1) is 11.3 Å². The summed E-state index contributed by atoms with van der Waals surface area (Å²) >= 11 is 1.89. The highest BCUT2D eigenvalue weighted by Gasteiger charge is 2.31. The van der Waals surface area contributed by atoms with Crippen molar-refractivity contribution in [1.82, 2.24) is 15.5 Å². The third-order valence-electron chi connectivity index (χ3n) is 5.87. The molecule has 0 radical (unpaired) electrons. The van der Waals surface area contributed by atoms with E-state index < -0.39 is 0 Å². The molecule has 2 heterocycles. The van der Waals surface area contributed by atoms with Crippen LogP contribution in [-0.4, -0.2) is 44.1 Å². The Labute approximate surface area is 157 Å². The van der Waals surface area contributed by atoms with Crippen LogP contribution >= 0.6 is 11.3 Å². The van der Waals surface area contributed by atoms with Crippen molar-refractivity contribution in [3.05, 3.63) is 22.4 Å². The first kappa shape index (κ1) is 18.7. The third kappa shape index (κ3) is 4.98. The maximum Gasteiger partial charge on any atom is 0.191 e. The molecule has 1 saturated heterocycles. The highest BCUT2D eigenvalue weighted by Crippen LogP contribution is 2.36. The molecule has 1 aliphatic heterocycles. The van der Waals surface area contributed by atoms with Crippen molar-refractivity contribution in [2.75, 3.05) is 27.2 Å². The number of hydrogen-bond donors (Lipinski definition) is 2. The first-order valence-corrected chi connectivity index (χ1v) is 10.8. The summed E-state index contributed by atoms with van der Waals surface area (Å²) in [5, 5.41) is 9.50. The minimum absolute atomic E-state index is 0.536. The Kier molecular flexibility index (Phi) is 6.77. The Morgan fingerprint density at radius 2 is 2.20 bits per heavy atom. The standard InChI is InChI=1S/C20H34N4S/c1-15-7-4-9-17(13-15)23-20(21-2)22-14-16-8-5-11-24(3)19(16)18-10-6-12-25-18/h6,10,12,15-17,19H,4-5,7-9,11,13-14H2,1-3H3,(H2,21,22,23). The van der Waals surface area contributed by atoms with E-state index in [-0.39, 0.29) is 0 Å². The largest absolute Gasteiger partial charge is 0.356 e. The van der Waals surface area contributed by atoms with Crippen LogP contribution in [0.1, 0.15) is 56.4 Å². The van der Waals surface area contributed by atoms with Crippen molar-refractivity contribution >= 4 is 17.3 Å². The van der Waals surface area contributed by atoms with E-state index in [2.05, 4.69) is 52.0 Å². The molecule has 25 heavy (non-hydrogen) atoms. The Balaban J connectivity index is 1.56. The lowest BCUT2D eigenvalue weighted by atomic mass is 9.87. The third-order valence-corrected chi connectivity index (χ3v) is 6.82. The maximum absolute atomic E-state index is 4.48. The molecule has 4 atom stereocenters. The Morgan fingerprint density at radius 1 is 1.32 bits per heavy atom. The number of thiophene rings is 1. The van der Waals surface area contributed by atoms with E-state index in [9.17, 15) is 0 Å². The van der Waals surface area contributed by atoms with Crippen molar-refractivity contribution in [1.29, 1.82) is 0 Å². The molecule has 1 aliphatic carbocycles. The molecule has 2 aliphatic rings. The number of piperidine rings is 1. The second-order valence-electron chi connectivity index (χ2n) is 7.91. The number of nitrogens with one attached hydrogen (secondary N) is 2. The summed E-state index contributed by atoms with van der Waals surface area (Å²) in [6.07, 6.45) is 7.83. The average Bonchev–Trinajstić information content (AvgIpc) is 3.12. The van der Waals surface area contributed by atoms with E-state index in [1.54, 1.807) is 0 Å². The van der Waals surface area contributed by atoms with E-state index >= 15 is 0 Å². The second-order valence-corrected chi connectivity index (χ2v) is 8.89. The molecule has 2 fully saturated rings. The molecule has 1 aromatic heterocycles. The lowest BCUT2D eigenvalue weighted by Crippen LogP contribution is -2.48. The quantitative estimate of drug-likeness (QED) is 0.631. The van der Waals surface area contributed by atoms with Gasteiger partial charge >= 0.3 is 0 Å². The maximum atomic E-state index is 4.48. The van der Waals surface area contributed by atoms with E-state index in [1.165, 1.54) is 49.9 Å². The summed E-state index contributed by atoms with van der Waals surface area (Å²) in [7, 11) is 4.17. The molecular formula is C20H34N4S. The molecule has 4 nitrogen and oxygen atoms in total. The first-order chi connectivity index (χ1) is 12.2. The zero-order valence-electron chi connectivity index (χ0n) is 16.0. The molecule has 3 rings (SSSR count). The van der Waals surface area contributed by atoms with Gasteiger partial charge in [0.1, 0.15) is 0 Å². The van der Waals surface area contributed by atoms with Gasteiger partial charge in [-0.1, -0.05) is 25.8 Å². The van der Waals surface area contributed by atoms with Crippen molar-refractivity contribution in [2.24, 2.45) is 16.8 Å². The van der Waals surface area contributed by atoms with Crippen molar-refractivity contribution in [2.45, 2.75) is 57.5 Å². The van der Waals surface area contributed by atoms with Crippen LogP contribution in [0.3, 0.4) is 0 Å². The van der Waals surface area contributed by atoms with Gasteiger partial charge in [0.15, 0.2) is 5.96 Å². The fourth-order valence-corrected chi connectivity index (χ4v) is 5.55. The lowest BCUT2D eigenvalue weighted by Gasteiger charge is -2.39. The van der Waals surface area contributed by atoms with Crippen molar-refractivity contribution in [3.63, 3.8) is 0 Å². The number of likely N-dealkylation sites (tertiary alicyclic amines) is 1. The van der Waals surface area contributed by atoms with Gasteiger partial charge in [0.25, 0.3) is 0 Å². The van der Waals surface area contributed by atoms with E-state index in [0.29, 0.717) is 18.0 Å². The normalized spacial score (nSPS) is 31.7. The van der Waals surface area contributed by atoms with Crippen molar-refractivity contribution < 1.29 is 0 Å². The van der Waals surface area contributed by atoms with Gasteiger partial charge in [0, 0.05) is 30.6 Å². The highest BCUT2D eigenvalue weighted by atomic mass is 32.1. The zero-order chi connectivity index (χ0) is 17.6. The van der Waals surface area contributed by atoms with Gasteiger partial charge < -0.3 is 10.6 Å². The van der Waals surface area contributed by atoms with Crippen LogP contribution in [0.25, 0.3) is 0 Å². The van der Waals surface area contributed by atoms with Crippen LogP contribution in [0.5, 0.6) is 0 Å². The molecular weight excluding hydrogens is 328 g/mol. The fraction of sp³-hybridized carbons (Fsp3) is 0.750. The van der Waals surface area contributed by atoms with Gasteiger partial charge in [-0.05, 0) is 62.6 Å². The predicted molar refractivity (Wildman–Crippen MR) is 108 cm³/mol. The minimum atomic E-state index is 0.536. The summed E-state index contributed by atoms with van der Waals surface area (Å²) in [4.78, 5) is 8.51. The Bertz CT molecular complexity index is 542. The molecule has 1 aromatic rings. The molecule has 2 N–H and O–H groups in total. The van der Waals surface area contributed by atoms with Crippen LogP contribution < -0.4 is 10.6 Å². The summed E-state index contributed by atoms with van der Waals surface area (Å²) in [5.74, 6) is 2.46. The minimum Gasteiger partial charge on any atom is -0.356 e. The molecule has 0 spiro atoms. The smallest absolute Gasteiger partial charge is 0.191 e. The number of hydrogen-bond acceptors (Lipinski definition) is 3. The highest BCUT2D eigenvalue weighted by molar-refractivity contribution is 7.10. The molecule has 5 heteroatoms. The Morgan fingerprint density at radius 3 is 2.92 bits per heavy atom. The monoisotopic (exact) mass is 362 g/mol. The molecule has 0 bridgehead atoms. The molecule has 4 unspecified atom stereocenters. The number of nitrogens with zero attached hydrogens (tertiary/aromatic N) is 2. The molecule has 140 valence electrons. The Hall–Kier alpha value is -1.07. The SMILES string of the molecule is CN=C(NCC1CCCN(C)C1c1cccs1)NC1CCCC(C)C1. The predicted octanol–water partition coefficient (Wildman–Crippen LogP) is 3.87. The van der Waals surface area contributed by atoms with Gasteiger partial charge in [-0.2, -0.15) is 0 Å². The summed E-state index contributed by atoms with van der Waals surface area (Å²) in [5.41, 5.74) is 0. The van der Waals surface area contributed by atoms with Gasteiger partial charge in [0.05, 0.1) is 0 Å². The van der Waals surface area contributed by atoms with Gasteiger partial charge in [-0.25, -0.2) is 0 Å². The average molecular weight is 363 g/mol. The number of guanidine groups is 1. The lowest BCUT2D eigenvalue weighted by molar-refractivity contribution is 0.125. The van der Waals surface area contributed by atoms with E-state index in [1.807, 2.05) is 18.4 Å².